The summed E-state index contributed by atoms with van der Waals surface area (Å²) in [6, 6.07) is 13.8. The summed E-state index contributed by atoms with van der Waals surface area (Å²) in [6.07, 6.45) is 7.24. The van der Waals surface area contributed by atoms with Gasteiger partial charge in [-0.3, -0.25) is 14.9 Å². The Balaban J connectivity index is 1.57. The summed E-state index contributed by atoms with van der Waals surface area (Å²) in [7, 11) is 1.61. The number of nitrogens with zero attached hydrogens (tertiary/aromatic N) is 2. The number of aromatic amines is 1. The minimum absolute atomic E-state index is 0.0883. The normalized spacial score (nSPS) is 14.5. The minimum atomic E-state index is -0.395. The van der Waals surface area contributed by atoms with Gasteiger partial charge in [-0.05, 0) is 66.8 Å². The van der Waals surface area contributed by atoms with Gasteiger partial charge in [0.2, 0.25) is 0 Å². The molecule has 2 aromatic carbocycles. The predicted molar refractivity (Wildman–Crippen MR) is 115 cm³/mol. The molecular formula is C24H22N4O2. The van der Waals surface area contributed by atoms with Crippen LogP contribution in [0.4, 0.5) is 0 Å². The molecule has 1 aliphatic carbocycles. The number of pyridine rings is 1. The molecule has 1 saturated carbocycles. The molecule has 0 aliphatic heterocycles. The van der Waals surface area contributed by atoms with Gasteiger partial charge in [0, 0.05) is 28.9 Å². The van der Waals surface area contributed by atoms with E-state index in [-0.39, 0.29) is 5.91 Å². The summed E-state index contributed by atoms with van der Waals surface area (Å²) in [5, 5.41) is 11.3. The van der Waals surface area contributed by atoms with E-state index in [4.69, 9.17) is 4.74 Å². The van der Waals surface area contributed by atoms with Crippen LogP contribution < -0.4 is 10.1 Å². The lowest BCUT2D eigenvalue weighted by Gasteiger charge is -2.22. The van der Waals surface area contributed by atoms with Crippen molar-refractivity contribution in [3.63, 3.8) is 0 Å². The maximum absolute atomic E-state index is 13.2. The first-order valence-electron chi connectivity index (χ1n) is 9.95. The second-order valence-electron chi connectivity index (χ2n) is 7.80. The Morgan fingerprint density at radius 1 is 1.17 bits per heavy atom. The van der Waals surface area contributed by atoms with Crippen molar-refractivity contribution < 1.29 is 9.53 Å². The van der Waals surface area contributed by atoms with Crippen molar-refractivity contribution in [2.75, 3.05) is 7.11 Å². The highest BCUT2D eigenvalue weighted by Gasteiger charge is 2.47. The molecule has 0 saturated heterocycles. The smallest absolute Gasteiger partial charge is 0.252 e. The lowest BCUT2D eigenvalue weighted by atomic mass is 9.94. The molecule has 2 N–H and O–H groups in total. The van der Waals surface area contributed by atoms with E-state index in [1.165, 1.54) is 0 Å². The number of nitrogens with one attached hydrogen (secondary N) is 2. The molecule has 6 nitrogen and oxygen atoms in total. The third-order valence-electron chi connectivity index (χ3n) is 5.86. The third-order valence-corrected chi connectivity index (χ3v) is 5.86. The number of carbonyl (C=O) groups excluding carboxylic acids is 1. The quantitative estimate of drug-likeness (QED) is 0.523. The summed E-state index contributed by atoms with van der Waals surface area (Å²) < 4.78 is 5.31. The van der Waals surface area contributed by atoms with Crippen LogP contribution in [0.2, 0.25) is 0 Å². The molecule has 2 heterocycles. The topological polar surface area (TPSA) is 79.9 Å². The monoisotopic (exact) mass is 398 g/mol. The SMILES string of the molecule is COc1ccc(C)c(C(=O)NC2(c3cc(-c4cn[nH]c4)cc4ncccc34)CC2)c1. The minimum Gasteiger partial charge on any atom is -0.497 e. The second-order valence-corrected chi connectivity index (χ2v) is 7.80. The van der Waals surface area contributed by atoms with Crippen molar-refractivity contribution in [2.24, 2.45) is 0 Å². The first-order chi connectivity index (χ1) is 14.6. The van der Waals surface area contributed by atoms with Crippen LogP contribution in [-0.4, -0.2) is 28.2 Å². The van der Waals surface area contributed by atoms with Gasteiger partial charge in [0.05, 0.1) is 24.4 Å². The molecule has 0 unspecified atom stereocenters. The number of hydrogen-bond donors (Lipinski definition) is 2. The number of aryl methyl sites for hydroxylation is 1. The zero-order valence-corrected chi connectivity index (χ0v) is 16.9. The van der Waals surface area contributed by atoms with E-state index in [1.807, 2.05) is 31.3 Å². The fraction of sp³-hybridized carbons (Fsp3) is 0.208. The van der Waals surface area contributed by atoms with Gasteiger partial charge in [-0.15, -0.1) is 0 Å². The van der Waals surface area contributed by atoms with E-state index < -0.39 is 5.54 Å². The molecule has 1 fully saturated rings. The Bertz CT molecular complexity index is 1240. The van der Waals surface area contributed by atoms with E-state index in [1.54, 1.807) is 25.6 Å². The molecule has 30 heavy (non-hydrogen) atoms. The van der Waals surface area contributed by atoms with Crippen LogP contribution in [0.15, 0.2) is 61.1 Å². The fourth-order valence-corrected chi connectivity index (χ4v) is 4.00. The van der Waals surface area contributed by atoms with E-state index in [0.717, 1.165) is 46.0 Å². The van der Waals surface area contributed by atoms with Crippen molar-refractivity contribution >= 4 is 16.8 Å². The molecule has 1 amide bonds. The van der Waals surface area contributed by atoms with Gasteiger partial charge < -0.3 is 10.1 Å². The second kappa shape index (κ2) is 6.99. The zero-order valence-electron chi connectivity index (χ0n) is 16.9. The number of rotatable bonds is 5. The molecule has 5 rings (SSSR count). The largest absolute Gasteiger partial charge is 0.497 e. The Morgan fingerprint density at radius 2 is 2.03 bits per heavy atom. The molecule has 4 aromatic rings. The number of fused-ring (bicyclic) bond motifs is 1. The van der Waals surface area contributed by atoms with Crippen molar-refractivity contribution in [3.05, 3.63) is 77.7 Å². The molecule has 0 spiro atoms. The van der Waals surface area contributed by atoms with E-state index in [9.17, 15) is 4.79 Å². The first-order valence-corrected chi connectivity index (χ1v) is 9.95. The number of ether oxygens (including phenoxy) is 1. The van der Waals surface area contributed by atoms with Crippen LogP contribution in [0.1, 0.15) is 34.3 Å². The lowest BCUT2D eigenvalue weighted by Crippen LogP contribution is -2.35. The summed E-state index contributed by atoms with van der Waals surface area (Å²) in [5.74, 6) is 0.585. The molecular weight excluding hydrogens is 376 g/mol. The number of amides is 1. The van der Waals surface area contributed by atoms with Crippen LogP contribution in [0, 0.1) is 6.92 Å². The average molecular weight is 398 g/mol. The van der Waals surface area contributed by atoms with Gasteiger partial charge in [-0.25, -0.2) is 0 Å². The fourth-order valence-electron chi connectivity index (χ4n) is 4.00. The molecule has 6 heteroatoms. The van der Waals surface area contributed by atoms with Crippen molar-refractivity contribution in [1.29, 1.82) is 0 Å². The first kappa shape index (κ1) is 18.4. The summed E-state index contributed by atoms with van der Waals surface area (Å²) in [4.78, 5) is 17.8. The predicted octanol–water partition coefficient (Wildman–Crippen LogP) is 4.36. The van der Waals surface area contributed by atoms with Gasteiger partial charge in [-0.1, -0.05) is 12.1 Å². The molecule has 150 valence electrons. The molecule has 0 atom stereocenters. The third kappa shape index (κ3) is 3.10. The van der Waals surface area contributed by atoms with Crippen molar-refractivity contribution in [3.8, 4) is 16.9 Å². The molecule has 0 radical (unpaired) electrons. The Morgan fingerprint density at radius 3 is 2.77 bits per heavy atom. The number of benzene rings is 2. The highest BCUT2D eigenvalue weighted by Crippen LogP contribution is 2.49. The highest BCUT2D eigenvalue weighted by atomic mass is 16.5. The van der Waals surface area contributed by atoms with Crippen LogP contribution in [0.25, 0.3) is 22.0 Å². The number of carbonyl (C=O) groups is 1. The maximum Gasteiger partial charge on any atom is 0.252 e. The summed E-state index contributed by atoms with van der Waals surface area (Å²) >= 11 is 0. The lowest BCUT2D eigenvalue weighted by molar-refractivity contribution is 0.0930. The van der Waals surface area contributed by atoms with Crippen LogP contribution in [0.5, 0.6) is 5.75 Å². The van der Waals surface area contributed by atoms with Gasteiger partial charge in [-0.2, -0.15) is 5.10 Å². The Labute approximate surface area is 174 Å². The molecule has 0 bridgehead atoms. The number of H-pyrrole nitrogens is 1. The van der Waals surface area contributed by atoms with E-state index in [2.05, 4.69) is 38.7 Å². The number of aromatic nitrogens is 3. The van der Waals surface area contributed by atoms with Gasteiger partial charge >= 0.3 is 0 Å². The van der Waals surface area contributed by atoms with Crippen LogP contribution >= 0.6 is 0 Å². The van der Waals surface area contributed by atoms with Crippen LogP contribution in [-0.2, 0) is 5.54 Å². The maximum atomic E-state index is 13.2. The van der Waals surface area contributed by atoms with Crippen molar-refractivity contribution in [1.82, 2.24) is 20.5 Å². The zero-order chi connectivity index (χ0) is 20.7. The van der Waals surface area contributed by atoms with Crippen molar-refractivity contribution in [2.45, 2.75) is 25.3 Å². The van der Waals surface area contributed by atoms with Crippen LogP contribution in [0.3, 0.4) is 0 Å². The standard InChI is InChI=1S/C24H22N4O2/c1-15-5-6-18(30-2)12-20(15)23(29)28-24(7-8-24)21-10-16(17-13-26-27-14-17)11-22-19(21)4-3-9-25-22/h3-6,9-14H,7-8H2,1-2H3,(H,26,27)(H,28,29). The van der Waals surface area contributed by atoms with E-state index in [0.29, 0.717) is 11.3 Å². The van der Waals surface area contributed by atoms with Gasteiger partial charge in [0.15, 0.2) is 0 Å². The average Bonchev–Trinajstić information content (AvgIpc) is 3.33. The Hall–Kier alpha value is -3.67. The Kier molecular flexibility index (Phi) is 4.28. The number of methoxy groups -OCH3 is 1. The summed E-state index contributed by atoms with van der Waals surface area (Å²) in [6.45, 7) is 1.94. The summed E-state index contributed by atoms with van der Waals surface area (Å²) in [5.41, 5.74) is 5.19. The van der Waals surface area contributed by atoms with Gasteiger partial charge in [0.25, 0.3) is 5.91 Å². The highest BCUT2D eigenvalue weighted by molar-refractivity contribution is 5.98. The van der Waals surface area contributed by atoms with E-state index >= 15 is 0 Å². The molecule has 2 aromatic heterocycles. The van der Waals surface area contributed by atoms with Gasteiger partial charge in [0.1, 0.15) is 5.75 Å². The number of hydrogen-bond acceptors (Lipinski definition) is 4. The molecule has 1 aliphatic rings.